The number of nitrogens with zero attached hydrogens (tertiary/aromatic N) is 3. The second-order valence-corrected chi connectivity index (χ2v) is 5.82. The Morgan fingerprint density at radius 1 is 1.30 bits per heavy atom. The zero-order valence-corrected chi connectivity index (χ0v) is 12.8. The van der Waals surface area contributed by atoms with Crippen LogP contribution in [-0.4, -0.2) is 33.1 Å². The van der Waals surface area contributed by atoms with E-state index in [2.05, 4.69) is 10.2 Å². The van der Waals surface area contributed by atoms with Crippen LogP contribution in [-0.2, 0) is 16.6 Å². The van der Waals surface area contributed by atoms with E-state index in [0.717, 1.165) is 11.4 Å². The molecule has 2 aromatic rings. The van der Waals surface area contributed by atoms with Crippen molar-refractivity contribution in [3.63, 3.8) is 0 Å². The van der Waals surface area contributed by atoms with Crippen molar-refractivity contribution < 1.29 is 9.53 Å². The van der Waals surface area contributed by atoms with Crippen LogP contribution in [0, 0.1) is 6.92 Å². The number of rotatable bonds is 4. The number of aromatic nitrogens is 3. The zero-order chi connectivity index (χ0) is 14.7. The van der Waals surface area contributed by atoms with Gasteiger partial charge in [-0.3, -0.25) is 4.79 Å². The summed E-state index contributed by atoms with van der Waals surface area (Å²) in [5.74, 6) is 0.513. The van der Waals surface area contributed by atoms with Crippen LogP contribution in [0.3, 0.4) is 0 Å². The van der Waals surface area contributed by atoms with Crippen LogP contribution >= 0.6 is 11.8 Å². The molecule has 0 bridgehead atoms. The summed E-state index contributed by atoms with van der Waals surface area (Å²) in [4.78, 5) is 11.4. The molecule has 1 heterocycles. The molecule has 1 atom stereocenters. The lowest BCUT2D eigenvalue weighted by molar-refractivity contribution is -0.139. The molecule has 106 valence electrons. The third-order valence-electron chi connectivity index (χ3n) is 2.96. The first-order chi connectivity index (χ1) is 9.52. The largest absolute Gasteiger partial charge is 0.468 e. The lowest BCUT2D eigenvalue weighted by atomic mass is 10.1. The van der Waals surface area contributed by atoms with E-state index in [1.54, 1.807) is 6.92 Å². The van der Waals surface area contributed by atoms with Crippen molar-refractivity contribution in [1.29, 1.82) is 0 Å². The second-order valence-electron chi connectivity index (χ2n) is 4.51. The first-order valence-corrected chi connectivity index (χ1v) is 7.12. The number of esters is 1. The Morgan fingerprint density at radius 2 is 1.95 bits per heavy atom. The zero-order valence-electron chi connectivity index (χ0n) is 12.0. The van der Waals surface area contributed by atoms with E-state index >= 15 is 0 Å². The van der Waals surface area contributed by atoms with E-state index in [4.69, 9.17) is 4.74 Å². The second kappa shape index (κ2) is 6.09. The van der Waals surface area contributed by atoms with Crippen molar-refractivity contribution >= 4 is 17.7 Å². The normalized spacial score (nSPS) is 12.2. The van der Waals surface area contributed by atoms with Crippen LogP contribution in [0.1, 0.15) is 12.5 Å². The van der Waals surface area contributed by atoms with E-state index in [1.807, 2.05) is 42.8 Å². The van der Waals surface area contributed by atoms with Gasteiger partial charge in [0.25, 0.3) is 0 Å². The molecule has 0 saturated heterocycles. The molecule has 0 saturated carbocycles. The van der Waals surface area contributed by atoms with Crippen LogP contribution in [0.2, 0.25) is 0 Å². The Morgan fingerprint density at radius 3 is 2.55 bits per heavy atom. The molecule has 20 heavy (non-hydrogen) atoms. The van der Waals surface area contributed by atoms with Crippen molar-refractivity contribution in [3.8, 4) is 11.4 Å². The van der Waals surface area contributed by atoms with Crippen LogP contribution in [0.25, 0.3) is 11.4 Å². The first-order valence-electron chi connectivity index (χ1n) is 6.24. The van der Waals surface area contributed by atoms with Gasteiger partial charge in [-0.05, 0) is 13.8 Å². The molecule has 1 unspecified atom stereocenters. The monoisotopic (exact) mass is 291 g/mol. The Bertz CT molecular complexity index is 607. The average Bonchev–Trinajstić information content (AvgIpc) is 2.80. The highest BCUT2D eigenvalue weighted by atomic mass is 32.2. The highest BCUT2D eigenvalue weighted by molar-refractivity contribution is 8.00. The summed E-state index contributed by atoms with van der Waals surface area (Å²) in [6.07, 6.45) is 0. The predicted molar refractivity (Wildman–Crippen MR) is 78.5 cm³/mol. The van der Waals surface area contributed by atoms with Crippen molar-refractivity contribution in [2.45, 2.75) is 24.3 Å². The van der Waals surface area contributed by atoms with Crippen molar-refractivity contribution in [2.75, 3.05) is 7.11 Å². The molecule has 0 aliphatic rings. The maximum atomic E-state index is 11.4. The molecular formula is C14H17N3O2S. The van der Waals surface area contributed by atoms with Gasteiger partial charge in [0.2, 0.25) is 0 Å². The Balaban J connectivity index is 2.23. The summed E-state index contributed by atoms with van der Waals surface area (Å²) >= 11 is 1.34. The number of thioether (sulfide) groups is 1. The standard InChI is InChI=1S/C14H17N3O2S/c1-9-5-7-11(8-6-9)12-15-16-14(17(12)3)20-10(2)13(18)19-4/h5-8,10H,1-4H3. The van der Waals surface area contributed by atoms with E-state index in [1.165, 1.54) is 24.4 Å². The number of hydrogen-bond acceptors (Lipinski definition) is 5. The summed E-state index contributed by atoms with van der Waals surface area (Å²) < 4.78 is 6.60. The molecule has 0 amide bonds. The molecule has 1 aromatic heterocycles. The molecule has 0 aliphatic heterocycles. The van der Waals surface area contributed by atoms with Crippen LogP contribution in [0.15, 0.2) is 29.4 Å². The molecule has 0 spiro atoms. The van der Waals surface area contributed by atoms with Crippen molar-refractivity contribution in [1.82, 2.24) is 14.8 Å². The third-order valence-corrected chi connectivity index (χ3v) is 4.07. The van der Waals surface area contributed by atoms with Gasteiger partial charge in [0, 0.05) is 12.6 Å². The highest BCUT2D eigenvalue weighted by Crippen LogP contribution is 2.26. The maximum absolute atomic E-state index is 11.4. The maximum Gasteiger partial charge on any atom is 0.318 e. The van der Waals surface area contributed by atoms with Gasteiger partial charge in [-0.15, -0.1) is 10.2 Å². The van der Waals surface area contributed by atoms with E-state index in [0.29, 0.717) is 5.16 Å². The molecule has 0 fully saturated rings. The highest BCUT2D eigenvalue weighted by Gasteiger charge is 2.19. The van der Waals surface area contributed by atoms with Gasteiger partial charge in [0.05, 0.1) is 7.11 Å². The Labute approximate surface area is 122 Å². The van der Waals surface area contributed by atoms with Gasteiger partial charge in [-0.2, -0.15) is 0 Å². The lowest BCUT2D eigenvalue weighted by Crippen LogP contribution is -2.15. The topological polar surface area (TPSA) is 57.0 Å². The number of carbonyl (C=O) groups excluding carboxylic acids is 1. The van der Waals surface area contributed by atoms with E-state index in [9.17, 15) is 4.79 Å². The summed E-state index contributed by atoms with van der Waals surface area (Å²) in [5.41, 5.74) is 2.20. The van der Waals surface area contributed by atoms with Gasteiger partial charge in [-0.1, -0.05) is 41.6 Å². The third kappa shape index (κ3) is 3.01. The van der Waals surface area contributed by atoms with E-state index in [-0.39, 0.29) is 11.2 Å². The predicted octanol–water partition coefficient (Wildman–Crippen LogP) is 2.44. The summed E-state index contributed by atoms with van der Waals surface area (Å²) in [6.45, 7) is 3.83. The fraction of sp³-hybridized carbons (Fsp3) is 0.357. The molecule has 0 aliphatic carbocycles. The van der Waals surface area contributed by atoms with Crippen molar-refractivity contribution in [2.24, 2.45) is 7.05 Å². The smallest absolute Gasteiger partial charge is 0.318 e. The van der Waals surface area contributed by atoms with Gasteiger partial charge in [0.1, 0.15) is 5.25 Å². The minimum Gasteiger partial charge on any atom is -0.468 e. The van der Waals surface area contributed by atoms with Crippen LogP contribution in [0.5, 0.6) is 0 Å². The lowest BCUT2D eigenvalue weighted by Gasteiger charge is -2.08. The first kappa shape index (κ1) is 14.6. The summed E-state index contributed by atoms with van der Waals surface area (Å²) in [7, 11) is 3.27. The van der Waals surface area contributed by atoms with E-state index < -0.39 is 0 Å². The number of hydrogen-bond donors (Lipinski definition) is 0. The molecule has 5 nitrogen and oxygen atoms in total. The fourth-order valence-corrected chi connectivity index (χ4v) is 2.58. The summed E-state index contributed by atoms with van der Waals surface area (Å²) in [5, 5.41) is 8.71. The molecule has 6 heteroatoms. The summed E-state index contributed by atoms with van der Waals surface area (Å²) in [6, 6.07) is 8.09. The number of benzene rings is 1. The quantitative estimate of drug-likeness (QED) is 0.639. The number of carbonyl (C=O) groups is 1. The molecule has 2 rings (SSSR count). The molecule has 0 N–H and O–H groups in total. The number of ether oxygens (including phenoxy) is 1. The average molecular weight is 291 g/mol. The van der Waals surface area contributed by atoms with Gasteiger partial charge in [-0.25, -0.2) is 0 Å². The molecule has 1 aromatic carbocycles. The van der Waals surface area contributed by atoms with Crippen LogP contribution < -0.4 is 0 Å². The molecule has 0 radical (unpaired) electrons. The minimum atomic E-state index is -0.311. The van der Waals surface area contributed by atoms with Gasteiger partial charge < -0.3 is 9.30 Å². The van der Waals surface area contributed by atoms with Crippen LogP contribution in [0.4, 0.5) is 0 Å². The Kier molecular flexibility index (Phi) is 4.44. The van der Waals surface area contributed by atoms with Crippen molar-refractivity contribution in [3.05, 3.63) is 29.8 Å². The van der Waals surface area contributed by atoms with Gasteiger partial charge >= 0.3 is 5.97 Å². The van der Waals surface area contributed by atoms with Gasteiger partial charge in [0.15, 0.2) is 11.0 Å². The SMILES string of the molecule is COC(=O)C(C)Sc1nnc(-c2ccc(C)cc2)n1C. The Hall–Kier alpha value is -1.82. The minimum absolute atomic E-state index is 0.269. The fourth-order valence-electron chi connectivity index (χ4n) is 1.74. The number of methoxy groups -OCH3 is 1. The number of aryl methyl sites for hydroxylation is 1. The molecular weight excluding hydrogens is 274 g/mol.